The summed E-state index contributed by atoms with van der Waals surface area (Å²) in [6.07, 6.45) is 64.8. The normalized spacial score (nSPS) is 14.3. The van der Waals surface area contributed by atoms with Crippen LogP contribution in [0.5, 0.6) is 0 Å². The van der Waals surface area contributed by atoms with Crippen molar-refractivity contribution in [3.8, 4) is 0 Å². The quantitative estimate of drug-likeness (QED) is 0.0195. The summed E-state index contributed by atoms with van der Waals surface area (Å²) in [4.78, 5) is 37.3. The second-order valence-electron chi connectivity index (χ2n) is 17.8. The molecule has 0 aromatic rings. The van der Waals surface area contributed by atoms with Crippen LogP contribution in [0.25, 0.3) is 0 Å². The molecule has 0 heterocycles. The van der Waals surface area contributed by atoms with Gasteiger partial charge in [0.1, 0.15) is 19.8 Å². The van der Waals surface area contributed by atoms with Crippen LogP contribution in [-0.2, 0) is 32.7 Å². The van der Waals surface area contributed by atoms with Crippen molar-refractivity contribution in [2.75, 3.05) is 47.5 Å². The van der Waals surface area contributed by atoms with E-state index >= 15 is 0 Å². The van der Waals surface area contributed by atoms with Gasteiger partial charge in [-0.15, -0.1) is 0 Å². The van der Waals surface area contributed by atoms with Gasteiger partial charge in [0.15, 0.2) is 6.10 Å². The number of unbranched alkanes of at least 4 members (excludes halogenated alkanes) is 13. The van der Waals surface area contributed by atoms with E-state index in [1.54, 1.807) is 0 Å². The van der Waals surface area contributed by atoms with E-state index in [4.69, 9.17) is 18.5 Å². The van der Waals surface area contributed by atoms with E-state index < -0.39 is 32.5 Å². The Bertz CT molecular complexity index is 1480. The first kappa shape index (κ1) is 62.7. The molecule has 66 heavy (non-hydrogen) atoms. The van der Waals surface area contributed by atoms with Crippen LogP contribution in [-0.4, -0.2) is 70.0 Å². The van der Waals surface area contributed by atoms with Crippen LogP contribution < -0.4 is 4.89 Å². The first-order valence-corrected chi connectivity index (χ1v) is 27.1. The molecule has 0 aromatic carbocycles. The van der Waals surface area contributed by atoms with Crippen LogP contribution in [0.4, 0.5) is 0 Å². The monoisotopic (exact) mass is 940 g/mol. The Hall–Kier alpha value is -3.33. The first-order valence-electron chi connectivity index (χ1n) is 25.6. The highest BCUT2D eigenvalue weighted by atomic mass is 31.2. The van der Waals surface area contributed by atoms with E-state index in [9.17, 15) is 19.0 Å². The minimum absolute atomic E-state index is 0.0365. The molecule has 0 aliphatic carbocycles. The van der Waals surface area contributed by atoms with Gasteiger partial charge in [-0.3, -0.25) is 14.2 Å². The number of likely N-dealkylation sites (N-methyl/N-ethyl adjacent to an activating group) is 1. The highest BCUT2D eigenvalue weighted by molar-refractivity contribution is 7.45. The van der Waals surface area contributed by atoms with Gasteiger partial charge in [-0.2, -0.15) is 0 Å². The van der Waals surface area contributed by atoms with Crippen molar-refractivity contribution in [2.45, 2.75) is 187 Å². The van der Waals surface area contributed by atoms with Gasteiger partial charge in [0, 0.05) is 12.8 Å². The zero-order valence-electron chi connectivity index (χ0n) is 42.3. The summed E-state index contributed by atoms with van der Waals surface area (Å²) in [6, 6.07) is 0. The Kier molecular flexibility index (Phi) is 44.4. The van der Waals surface area contributed by atoms with E-state index in [-0.39, 0.29) is 26.1 Å². The Balaban J connectivity index is 4.00. The Morgan fingerprint density at radius 3 is 1.29 bits per heavy atom. The van der Waals surface area contributed by atoms with Crippen molar-refractivity contribution in [3.05, 3.63) is 109 Å². The van der Waals surface area contributed by atoms with Crippen molar-refractivity contribution in [1.29, 1.82) is 0 Å². The SMILES string of the molecule is CC/C=C\C/C=C\C/C=C\C/C=C\C/C=C\C/C=C\C/C=C\C/C=C\C/C=C\CCCCCCCCCCCC(=O)OC(COC(=O)CCCCCCC)COP(=O)([O-])OCC[N+](C)(C)C. The summed E-state index contributed by atoms with van der Waals surface area (Å²) in [5.74, 6) is -0.863. The van der Waals surface area contributed by atoms with Gasteiger partial charge < -0.3 is 27.9 Å². The number of nitrogens with zero attached hydrogens (tertiary/aromatic N) is 1. The van der Waals surface area contributed by atoms with E-state index in [2.05, 4.69) is 123 Å². The van der Waals surface area contributed by atoms with Gasteiger partial charge >= 0.3 is 11.9 Å². The van der Waals surface area contributed by atoms with Gasteiger partial charge in [0.25, 0.3) is 7.82 Å². The number of phosphoric acid groups is 1. The molecule has 9 nitrogen and oxygen atoms in total. The second kappa shape index (κ2) is 46.8. The van der Waals surface area contributed by atoms with Crippen LogP contribution >= 0.6 is 7.82 Å². The third kappa shape index (κ3) is 50.1. The van der Waals surface area contributed by atoms with Crippen LogP contribution in [0, 0.1) is 0 Å². The van der Waals surface area contributed by atoms with Crippen molar-refractivity contribution in [3.63, 3.8) is 0 Å². The standard InChI is InChI=1S/C56H94NO8P/c1-6-8-10-12-13-14-15-16-17-18-19-20-21-22-23-24-25-26-27-28-29-30-31-32-33-34-35-36-37-38-39-40-41-42-43-45-47-49-56(59)65-54(52-62-55(58)48-46-44-11-9-7-2)53-64-66(60,61)63-51-50-57(3,4)5/h8,10,13-14,16-17,19-20,22-23,25-26,28-29,31-32,34-35,54H,6-7,9,11-12,15,18,21,24,27,30,33,36-53H2,1-5H3/b10-8-,14-13-,17-16-,20-19-,23-22-,26-25-,29-28-,32-31-,35-34-. The largest absolute Gasteiger partial charge is 0.756 e. The number of allylic oxidation sites excluding steroid dienone is 18. The van der Waals surface area contributed by atoms with Gasteiger partial charge in [-0.1, -0.05) is 194 Å². The van der Waals surface area contributed by atoms with Crippen LogP contribution in [0.1, 0.15) is 181 Å². The summed E-state index contributed by atoms with van der Waals surface area (Å²) < 4.78 is 33.7. The number of ether oxygens (including phenoxy) is 2. The van der Waals surface area contributed by atoms with E-state index in [1.807, 2.05) is 21.1 Å². The Labute approximate surface area is 404 Å². The number of hydrogen-bond acceptors (Lipinski definition) is 8. The zero-order chi connectivity index (χ0) is 48.5. The number of phosphoric ester groups is 1. The maximum Gasteiger partial charge on any atom is 0.306 e. The lowest BCUT2D eigenvalue weighted by molar-refractivity contribution is -0.870. The number of esters is 2. The number of rotatable bonds is 45. The number of hydrogen-bond donors (Lipinski definition) is 0. The molecule has 0 N–H and O–H groups in total. The molecule has 0 bridgehead atoms. The van der Waals surface area contributed by atoms with Crippen LogP contribution in [0.15, 0.2) is 109 Å². The molecular formula is C56H94NO8P. The molecule has 376 valence electrons. The Morgan fingerprint density at radius 2 is 0.864 bits per heavy atom. The molecule has 0 aliphatic heterocycles. The fourth-order valence-electron chi connectivity index (χ4n) is 6.35. The van der Waals surface area contributed by atoms with Crippen molar-refractivity contribution < 1.29 is 42.1 Å². The van der Waals surface area contributed by atoms with Crippen molar-refractivity contribution in [1.82, 2.24) is 0 Å². The number of carbonyl (C=O) groups excluding carboxylic acids is 2. The van der Waals surface area contributed by atoms with Crippen LogP contribution in [0.2, 0.25) is 0 Å². The molecule has 2 atom stereocenters. The summed E-state index contributed by atoms with van der Waals surface area (Å²) >= 11 is 0. The lowest BCUT2D eigenvalue weighted by atomic mass is 10.1. The lowest BCUT2D eigenvalue weighted by Gasteiger charge is -2.28. The first-order chi connectivity index (χ1) is 32.0. The minimum Gasteiger partial charge on any atom is -0.756 e. The van der Waals surface area contributed by atoms with Gasteiger partial charge in [0.2, 0.25) is 0 Å². The lowest BCUT2D eigenvalue weighted by Crippen LogP contribution is -2.37. The van der Waals surface area contributed by atoms with Gasteiger partial charge in [-0.25, -0.2) is 0 Å². The molecule has 0 fully saturated rings. The highest BCUT2D eigenvalue weighted by Gasteiger charge is 2.21. The predicted molar refractivity (Wildman–Crippen MR) is 277 cm³/mol. The molecule has 0 saturated carbocycles. The fraction of sp³-hybridized carbons (Fsp3) is 0.643. The van der Waals surface area contributed by atoms with Crippen molar-refractivity contribution in [2.24, 2.45) is 0 Å². The van der Waals surface area contributed by atoms with E-state index in [0.717, 1.165) is 116 Å². The molecule has 0 radical (unpaired) electrons. The molecule has 2 unspecified atom stereocenters. The summed E-state index contributed by atoms with van der Waals surface area (Å²) in [5.41, 5.74) is 0. The molecule has 0 saturated heterocycles. The van der Waals surface area contributed by atoms with Gasteiger partial charge in [-0.05, 0) is 83.5 Å². The number of carbonyl (C=O) groups is 2. The van der Waals surface area contributed by atoms with E-state index in [1.165, 1.54) is 32.1 Å². The summed E-state index contributed by atoms with van der Waals surface area (Å²) in [6.45, 7) is 3.98. The zero-order valence-corrected chi connectivity index (χ0v) is 43.2. The van der Waals surface area contributed by atoms with Crippen molar-refractivity contribution >= 4 is 19.8 Å². The highest BCUT2D eigenvalue weighted by Crippen LogP contribution is 2.38. The molecule has 0 rings (SSSR count). The second-order valence-corrected chi connectivity index (χ2v) is 19.2. The minimum atomic E-state index is -4.62. The molecular weight excluding hydrogens is 846 g/mol. The fourth-order valence-corrected chi connectivity index (χ4v) is 7.08. The summed E-state index contributed by atoms with van der Waals surface area (Å²) in [5, 5.41) is 0. The smallest absolute Gasteiger partial charge is 0.306 e. The predicted octanol–water partition coefficient (Wildman–Crippen LogP) is 14.8. The Morgan fingerprint density at radius 1 is 0.485 bits per heavy atom. The summed E-state index contributed by atoms with van der Waals surface area (Å²) in [7, 11) is 1.15. The van der Waals surface area contributed by atoms with E-state index in [0.29, 0.717) is 17.4 Å². The molecule has 0 aliphatic rings. The molecule has 10 heteroatoms. The topological polar surface area (TPSA) is 111 Å². The molecule has 0 aromatic heterocycles. The molecule has 0 amide bonds. The molecule has 0 spiro atoms. The average molecular weight is 940 g/mol. The third-order valence-corrected chi connectivity index (χ3v) is 11.3. The maximum atomic E-state index is 12.6. The van der Waals surface area contributed by atoms with Gasteiger partial charge in [0.05, 0.1) is 27.7 Å². The average Bonchev–Trinajstić information content (AvgIpc) is 3.27. The number of quaternary nitrogens is 1. The maximum absolute atomic E-state index is 12.6. The van der Waals surface area contributed by atoms with Crippen LogP contribution in [0.3, 0.4) is 0 Å². The third-order valence-electron chi connectivity index (χ3n) is 10.3.